The van der Waals surface area contributed by atoms with Gasteiger partial charge in [-0.2, -0.15) is 0 Å². The summed E-state index contributed by atoms with van der Waals surface area (Å²) in [5.41, 5.74) is 7.17. The smallest absolute Gasteiger partial charge is 0.431 e. The number of anilines is 1. The lowest BCUT2D eigenvalue weighted by Crippen LogP contribution is -2.29. The van der Waals surface area contributed by atoms with Gasteiger partial charge in [0.2, 0.25) is 6.29 Å². The second-order valence-electron chi connectivity index (χ2n) is 9.64. The van der Waals surface area contributed by atoms with E-state index in [2.05, 4.69) is 14.5 Å². The third-order valence-corrected chi connectivity index (χ3v) is 6.91. The quantitative estimate of drug-likeness (QED) is 0.408. The van der Waals surface area contributed by atoms with E-state index in [-0.39, 0.29) is 6.10 Å². The van der Waals surface area contributed by atoms with Crippen LogP contribution in [0.2, 0.25) is 0 Å². The molecule has 0 radical (unpaired) electrons. The zero-order chi connectivity index (χ0) is 24.6. The molecule has 9 nitrogen and oxygen atoms in total. The van der Waals surface area contributed by atoms with E-state index in [1.165, 1.54) is 26.2 Å². The largest absolute Gasteiger partial charge is 0.511 e. The first-order valence-electron chi connectivity index (χ1n) is 12.8. The molecule has 0 amide bonds. The van der Waals surface area contributed by atoms with Crippen molar-refractivity contribution in [3.63, 3.8) is 0 Å². The van der Waals surface area contributed by atoms with Crippen LogP contribution in [0.1, 0.15) is 94.3 Å². The lowest BCUT2D eigenvalue weighted by molar-refractivity contribution is -0.171. The van der Waals surface area contributed by atoms with E-state index < -0.39 is 24.3 Å². The third-order valence-electron chi connectivity index (χ3n) is 6.91. The Morgan fingerprint density at radius 2 is 1.74 bits per heavy atom. The minimum absolute atomic E-state index is 0.131. The van der Waals surface area contributed by atoms with E-state index in [1.807, 2.05) is 12.3 Å². The molecule has 2 aromatic heterocycles. The molecule has 2 heterocycles. The number of nitrogen functional groups attached to an aromatic ring is 1. The molecule has 2 unspecified atom stereocenters. The van der Waals surface area contributed by atoms with Gasteiger partial charge in [0.25, 0.3) is 0 Å². The van der Waals surface area contributed by atoms with E-state index in [1.54, 1.807) is 18.6 Å². The van der Waals surface area contributed by atoms with Crippen molar-refractivity contribution in [2.24, 2.45) is 0 Å². The van der Waals surface area contributed by atoms with Gasteiger partial charge in [0, 0.05) is 25.4 Å². The summed E-state index contributed by atoms with van der Waals surface area (Å²) in [5, 5.41) is 0. The summed E-state index contributed by atoms with van der Waals surface area (Å²) in [7, 11) is 0. The van der Waals surface area contributed by atoms with E-state index in [0.717, 1.165) is 50.5 Å². The maximum absolute atomic E-state index is 13.2. The number of ether oxygens (including phenoxy) is 3. The van der Waals surface area contributed by atoms with Crippen LogP contribution in [0.3, 0.4) is 0 Å². The summed E-state index contributed by atoms with van der Waals surface area (Å²) in [4.78, 5) is 34.1. The van der Waals surface area contributed by atoms with Crippen molar-refractivity contribution in [1.82, 2.24) is 14.5 Å². The molecule has 0 spiro atoms. The van der Waals surface area contributed by atoms with Gasteiger partial charge in [-0.25, -0.2) is 14.8 Å². The summed E-state index contributed by atoms with van der Waals surface area (Å²) in [6.45, 7) is 1.52. The second-order valence-corrected chi connectivity index (χ2v) is 9.64. The average molecular weight is 485 g/mol. The normalized spacial score (nSPS) is 19.0. The molecular formula is C26H36N4O5. The minimum Gasteiger partial charge on any atom is -0.431 e. The topological polar surface area (TPSA) is 119 Å². The molecule has 2 atom stereocenters. The van der Waals surface area contributed by atoms with E-state index >= 15 is 0 Å². The number of hydrogen-bond donors (Lipinski definition) is 1. The van der Waals surface area contributed by atoms with Crippen molar-refractivity contribution in [2.45, 2.75) is 102 Å². The molecule has 190 valence electrons. The number of carbonyl (C=O) groups is 2. The molecule has 0 aromatic carbocycles. The van der Waals surface area contributed by atoms with Crippen LogP contribution in [0.4, 0.5) is 10.6 Å². The fourth-order valence-electron chi connectivity index (χ4n) is 4.96. The highest BCUT2D eigenvalue weighted by molar-refractivity contribution is 5.78. The van der Waals surface area contributed by atoms with Crippen LogP contribution in [0, 0.1) is 0 Å². The lowest BCUT2D eigenvalue weighted by Gasteiger charge is -2.23. The van der Waals surface area contributed by atoms with E-state index in [9.17, 15) is 9.59 Å². The summed E-state index contributed by atoms with van der Waals surface area (Å²) in [6.07, 6.45) is 14.5. The predicted octanol–water partition coefficient (Wildman–Crippen LogP) is 5.07. The van der Waals surface area contributed by atoms with Crippen LogP contribution in [0.5, 0.6) is 0 Å². The molecule has 4 rings (SSSR count). The summed E-state index contributed by atoms with van der Waals surface area (Å²) in [6, 6.07) is 3.93. The van der Waals surface area contributed by atoms with Crippen LogP contribution < -0.4 is 5.73 Å². The zero-order valence-electron chi connectivity index (χ0n) is 20.4. The average Bonchev–Trinajstić information content (AvgIpc) is 3.34. The van der Waals surface area contributed by atoms with E-state index in [0.29, 0.717) is 24.0 Å². The molecular weight excluding hydrogens is 448 g/mol. The van der Waals surface area contributed by atoms with Crippen LogP contribution >= 0.6 is 0 Å². The van der Waals surface area contributed by atoms with Crippen LogP contribution in [0.25, 0.3) is 0 Å². The van der Waals surface area contributed by atoms with Crippen molar-refractivity contribution in [3.05, 3.63) is 42.1 Å². The minimum atomic E-state index is -1.08. The first-order chi connectivity index (χ1) is 17.0. The van der Waals surface area contributed by atoms with Gasteiger partial charge in [-0.15, -0.1) is 0 Å². The predicted molar refractivity (Wildman–Crippen MR) is 129 cm³/mol. The maximum atomic E-state index is 13.2. The Morgan fingerprint density at radius 1 is 1.03 bits per heavy atom. The molecule has 2 aromatic rings. The monoisotopic (exact) mass is 484 g/mol. The van der Waals surface area contributed by atoms with Gasteiger partial charge in [0.1, 0.15) is 17.8 Å². The Kier molecular flexibility index (Phi) is 8.60. The standard InChI is InChI=1S/C26H36N4O5/c1-18(34-26(32)35-21-10-6-3-7-11-21)33-25(31)22(14-19-12-13-24(27)28-15-19)23-16-30(17-29-23)20-8-4-2-5-9-20/h12-13,15-18,20-22H,2-11,14H2,1H3,(H2,27,28). The third kappa shape index (κ3) is 7.19. The molecule has 0 aliphatic heterocycles. The SMILES string of the molecule is CC(OC(=O)OC1CCCCC1)OC(=O)C(Cc1ccc(N)nc1)c1cn(C2CCCCC2)cn1. The molecule has 9 heteroatoms. The number of carbonyl (C=O) groups excluding carboxylic acids is 2. The van der Waals surface area contributed by atoms with Crippen molar-refractivity contribution in [2.75, 3.05) is 5.73 Å². The van der Waals surface area contributed by atoms with Crippen molar-refractivity contribution >= 4 is 17.9 Å². The fraction of sp³-hybridized carbons (Fsp3) is 0.615. The zero-order valence-corrected chi connectivity index (χ0v) is 20.4. The lowest BCUT2D eigenvalue weighted by atomic mass is 9.95. The molecule has 2 fully saturated rings. The number of pyridine rings is 1. The van der Waals surface area contributed by atoms with Gasteiger partial charge in [-0.3, -0.25) is 4.79 Å². The van der Waals surface area contributed by atoms with Crippen LogP contribution in [-0.2, 0) is 25.4 Å². The van der Waals surface area contributed by atoms with Gasteiger partial charge < -0.3 is 24.5 Å². The summed E-state index contributed by atoms with van der Waals surface area (Å²) in [5.74, 6) is -0.785. The molecule has 0 saturated heterocycles. The van der Waals surface area contributed by atoms with Crippen molar-refractivity contribution in [1.29, 1.82) is 0 Å². The number of imidazole rings is 1. The van der Waals surface area contributed by atoms with Crippen LogP contribution in [0.15, 0.2) is 30.9 Å². The Balaban J connectivity index is 1.41. The highest BCUT2D eigenvalue weighted by Gasteiger charge is 2.29. The Bertz CT molecular complexity index is 964. The number of esters is 1. The highest BCUT2D eigenvalue weighted by Crippen LogP contribution is 2.30. The van der Waals surface area contributed by atoms with Gasteiger partial charge in [0.05, 0.1) is 12.0 Å². The first kappa shape index (κ1) is 25.0. The number of hydrogen-bond acceptors (Lipinski definition) is 8. The van der Waals surface area contributed by atoms with E-state index in [4.69, 9.17) is 19.9 Å². The number of nitrogens with zero attached hydrogens (tertiary/aromatic N) is 3. The van der Waals surface area contributed by atoms with Crippen molar-refractivity contribution < 1.29 is 23.8 Å². The summed E-state index contributed by atoms with van der Waals surface area (Å²) >= 11 is 0. The Labute approximate surface area is 206 Å². The molecule has 2 N–H and O–H groups in total. The molecule has 0 bridgehead atoms. The van der Waals surface area contributed by atoms with Gasteiger partial charge in [-0.05, 0) is 56.6 Å². The number of rotatable bonds is 8. The Hall–Kier alpha value is -3.10. The maximum Gasteiger partial charge on any atom is 0.511 e. The molecule has 35 heavy (non-hydrogen) atoms. The van der Waals surface area contributed by atoms with Gasteiger partial charge in [-0.1, -0.05) is 31.7 Å². The first-order valence-corrected chi connectivity index (χ1v) is 12.8. The number of aromatic nitrogens is 3. The number of nitrogens with two attached hydrogens (primary N) is 1. The van der Waals surface area contributed by atoms with Gasteiger partial charge >= 0.3 is 12.1 Å². The fourth-order valence-corrected chi connectivity index (χ4v) is 4.96. The second kappa shape index (κ2) is 12.0. The molecule has 2 aliphatic carbocycles. The molecule has 2 aliphatic rings. The molecule has 2 saturated carbocycles. The van der Waals surface area contributed by atoms with Gasteiger partial charge in [0.15, 0.2) is 0 Å². The highest BCUT2D eigenvalue weighted by atomic mass is 16.8. The Morgan fingerprint density at radius 3 is 2.43 bits per heavy atom. The van der Waals surface area contributed by atoms with Crippen LogP contribution in [-0.4, -0.2) is 39.1 Å². The van der Waals surface area contributed by atoms with Crippen molar-refractivity contribution in [3.8, 4) is 0 Å². The summed E-state index contributed by atoms with van der Waals surface area (Å²) < 4.78 is 18.2.